The van der Waals surface area contributed by atoms with Crippen LogP contribution in [-0.2, 0) is 38.4 Å². The van der Waals surface area contributed by atoms with Gasteiger partial charge >= 0.3 is 89.1 Å². The zero-order valence-electron chi connectivity index (χ0n) is 14.7. The van der Waals surface area contributed by atoms with Gasteiger partial charge in [-0.05, 0) is 7.05 Å². The summed E-state index contributed by atoms with van der Waals surface area (Å²) >= 11 is 1.20. The molecule has 0 aliphatic carbocycles. The first-order chi connectivity index (χ1) is 11.5. The standard InChI is InChI=1S/C8H13N2O2.C7H14N2O2.W/c1-7(9-2)8(11)10(3)5-6-12-4;1-8-6-5-9(7(6)10)3-4-11-2;/h1,3,9H,5-6H2,2,4H3;6,8H,3-5H2,1-2H3;/q-1;;. The van der Waals surface area contributed by atoms with E-state index in [0.717, 1.165) is 6.54 Å². The molecule has 1 aliphatic rings. The fraction of sp³-hybridized carbons (Fsp3) is 0.667. The Balaban J connectivity index is 0.000000446. The molecular weight excluding hydrogens is 484 g/mol. The Morgan fingerprint density at radius 3 is 2.46 bits per heavy atom. The molecule has 1 rings (SSSR count). The predicted molar refractivity (Wildman–Crippen MR) is 87.8 cm³/mol. The summed E-state index contributed by atoms with van der Waals surface area (Å²) in [5, 5.41) is 5.53. The number of amides is 2. The fourth-order valence-corrected chi connectivity index (χ4v) is 2.49. The van der Waals surface area contributed by atoms with E-state index in [1.54, 1.807) is 37.7 Å². The molecule has 0 spiro atoms. The molecule has 0 aromatic carbocycles. The van der Waals surface area contributed by atoms with Gasteiger partial charge < -0.3 is 15.0 Å². The molecule has 0 aromatic rings. The molecule has 0 bridgehead atoms. The van der Waals surface area contributed by atoms with Crippen LogP contribution in [-0.4, -0.2) is 93.3 Å². The first kappa shape index (κ1) is 22.9. The quantitative estimate of drug-likeness (QED) is 0.208. The van der Waals surface area contributed by atoms with Crippen LogP contribution in [0.15, 0.2) is 5.70 Å². The number of nitrogens with zero attached hydrogens (tertiary/aromatic N) is 2. The molecule has 1 saturated heterocycles. The molecule has 1 unspecified atom stereocenters. The Hall–Kier alpha value is -1.08. The summed E-state index contributed by atoms with van der Waals surface area (Å²) in [5.41, 5.74) is 0.147. The van der Waals surface area contributed by atoms with Crippen LogP contribution in [0.1, 0.15) is 0 Å². The van der Waals surface area contributed by atoms with E-state index in [0.29, 0.717) is 26.3 Å². The number of likely N-dealkylation sites (tertiary alicyclic amines) is 1. The second-order valence-electron chi connectivity index (χ2n) is 4.88. The van der Waals surface area contributed by atoms with E-state index in [4.69, 9.17) is 16.1 Å². The van der Waals surface area contributed by atoms with Crippen molar-refractivity contribution in [2.75, 3.05) is 61.2 Å². The molecule has 24 heavy (non-hydrogen) atoms. The van der Waals surface area contributed by atoms with Crippen molar-refractivity contribution in [3.05, 3.63) is 12.3 Å². The molecule has 2 amide bonds. The van der Waals surface area contributed by atoms with Crippen LogP contribution in [0, 0.1) is 6.58 Å². The van der Waals surface area contributed by atoms with Crippen molar-refractivity contribution in [2.24, 2.45) is 0 Å². The van der Waals surface area contributed by atoms with Crippen LogP contribution in [0.5, 0.6) is 0 Å². The average molecular weight is 511 g/mol. The van der Waals surface area contributed by atoms with Gasteiger partial charge in [0.1, 0.15) is 6.04 Å². The van der Waals surface area contributed by atoms with Crippen molar-refractivity contribution in [1.82, 2.24) is 20.4 Å². The van der Waals surface area contributed by atoms with E-state index >= 15 is 0 Å². The Morgan fingerprint density at radius 2 is 2.04 bits per heavy atom. The van der Waals surface area contributed by atoms with Gasteiger partial charge in [-0.25, -0.2) is 0 Å². The molecule has 0 aromatic heterocycles. The summed E-state index contributed by atoms with van der Waals surface area (Å²) in [5.74, 6) is -0.0286. The summed E-state index contributed by atoms with van der Waals surface area (Å²) in [4.78, 5) is 25.9. The summed E-state index contributed by atoms with van der Waals surface area (Å²) in [7, 11) is 6.65. The Kier molecular flexibility index (Phi) is 12.6. The van der Waals surface area contributed by atoms with Crippen LogP contribution in [0.2, 0.25) is 0 Å². The fourth-order valence-electron chi connectivity index (χ4n) is 1.77. The maximum absolute atomic E-state index is 11.4. The van der Waals surface area contributed by atoms with Gasteiger partial charge in [0.2, 0.25) is 5.91 Å². The third-order valence-corrected chi connectivity index (χ3v) is 4.26. The predicted octanol–water partition coefficient (Wildman–Crippen LogP) is -1.63. The molecule has 1 atom stereocenters. The molecule has 138 valence electrons. The molecule has 2 N–H and O–H groups in total. The number of ether oxygens (including phenoxy) is 2. The average Bonchev–Trinajstić information content (AvgIpc) is 2.60. The van der Waals surface area contributed by atoms with Gasteiger partial charge in [0.15, 0.2) is 0 Å². The number of carbonyl (C=O) groups excluding carboxylic acids is 2. The van der Waals surface area contributed by atoms with Gasteiger partial charge in [-0.15, -0.1) is 0 Å². The molecule has 1 fully saturated rings. The van der Waals surface area contributed by atoms with Gasteiger partial charge in [-0.2, -0.15) is 0 Å². The summed E-state index contributed by atoms with van der Waals surface area (Å²) in [6.45, 7) is 8.62. The van der Waals surface area contributed by atoms with Gasteiger partial charge in [0, 0.05) is 20.2 Å². The van der Waals surface area contributed by atoms with E-state index in [1.165, 1.54) is 24.3 Å². The molecule has 1 aliphatic heterocycles. The number of methoxy groups -OCH3 is 2. The summed E-state index contributed by atoms with van der Waals surface area (Å²) in [6.07, 6.45) is 0. The molecular formula is C15H27N4O4W-. The zero-order valence-corrected chi connectivity index (χ0v) is 17.6. The number of carbonyl (C=O) groups is 2. The van der Waals surface area contributed by atoms with Crippen molar-refractivity contribution in [2.45, 2.75) is 6.04 Å². The number of likely N-dealkylation sites (N-methyl/N-ethyl adjacent to an activating group) is 2. The minimum absolute atomic E-state index is 0.0480. The van der Waals surface area contributed by atoms with Crippen LogP contribution in [0.25, 0.3) is 0 Å². The van der Waals surface area contributed by atoms with Gasteiger partial charge in [-0.3, -0.25) is 4.79 Å². The number of hydrogen-bond donors (Lipinski definition) is 2. The SMILES string of the molecule is CNC1CN(CCOC)C1=O.[CH-]=C(NC)C(=O)N([CH]=[W])CCOC. The first-order valence-electron chi connectivity index (χ1n) is 7.47. The van der Waals surface area contributed by atoms with E-state index < -0.39 is 0 Å². The van der Waals surface area contributed by atoms with E-state index in [2.05, 4.69) is 10.6 Å². The van der Waals surface area contributed by atoms with Crippen LogP contribution < -0.4 is 10.6 Å². The molecule has 9 heteroatoms. The monoisotopic (exact) mass is 511 g/mol. The normalized spacial score (nSPS) is 15.8. The summed E-state index contributed by atoms with van der Waals surface area (Å²) < 4.78 is 11.5. The number of rotatable bonds is 10. The molecule has 0 radical (unpaired) electrons. The van der Waals surface area contributed by atoms with Gasteiger partial charge in [-0.1, -0.05) is 0 Å². The summed E-state index contributed by atoms with van der Waals surface area (Å²) in [6, 6.07) is 0.0480. The third-order valence-electron chi connectivity index (χ3n) is 3.35. The Morgan fingerprint density at radius 1 is 1.42 bits per heavy atom. The van der Waals surface area contributed by atoms with Crippen molar-refractivity contribution < 1.29 is 38.4 Å². The molecule has 1 heterocycles. The Bertz CT molecular complexity index is 432. The van der Waals surface area contributed by atoms with Crippen LogP contribution >= 0.6 is 0 Å². The minimum atomic E-state index is -0.213. The van der Waals surface area contributed by atoms with E-state index in [-0.39, 0.29) is 23.6 Å². The second kappa shape index (κ2) is 13.2. The van der Waals surface area contributed by atoms with E-state index in [9.17, 15) is 9.59 Å². The van der Waals surface area contributed by atoms with E-state index in [1.807, 2.05) is 0 Å². The first-order valence-corrected chi connectivity index (χ1v) is 9.16. The second-order valence-corrected chi connectivity index (χ2v) is 5.64. The molecule has 0 saturated carbocycles. The van der Waals surface area contributed by atoms with Crippen molar-refractivity contribution >= 4 is 16.3 Å². The van der Waals surface area contributed by atoms with Crippen molar-refractivity contribution in [3.8, 4) is 0 Å². The van der Waals surface area contributed by atoms with Crippen LogP contribution in [0.4, 0.5) is 0 Å². The van der Waals surface area contributed by atoms with Gasteiger partial charge in [0.05, 0.1) is 6.61 Å². The number of hydrogen-bond acceptors (Lipinski definition) is 6. The topological polar surface area (TPSA) is 83.1 Å². The number of β-lactam (4-membered cyclic amide) rings is 1. The number of nitrogens with one attached hydrogen (secondary N) is 2. The van der Waals surface area contributed by atoms with Crippen molar-refractivity contribution in [3.63, 3.8) is 0 Å². The maximum atomic E-state index is 11.4. The third kappa shape index (κ3) is 7.66. The molecule has 8 nitrogen and oxygen atoms in total. The van der Waals surface area contributed by atoms with Crippen LogP contribution in [0.3, 0.4) is 0 Å². The zero-order chi connectivity index (χ0) is 18.5. The van der Waals surface area contributed by atoms with Crippen molar-refractivity contribution in [1.29, 1.82) is 0 Å². The van der Waals surface area contributed by atoms with Gasteiger partial charge in [0.25, 0.3) is 0 Å². The Labute approximate surface area is 154 Å².